The van der Waals surface area contributed by atoms with E-state index in [9.17, 15) is 0 Å². The number of hydrogen-bond acceptors (Lipinski definition) is 3. The molecule has 0 atom stereocenters. The third kappa shape index (κ3) is 3.14. The minimum Gasteiger partial charge on any atom is -0.399 e. The number of halogens is 1. The zero-order valence-electron chi connectivity index (χ0n) is 11.6. The highest BCUT2D eigenvalue weighted by molar-refractivity contribution is 7.98. The van der Waals surface area contributed by atoms with Gasteiger partial charge in [-0.3, -0.25) is 0 Å². The molecule has 0 saturated heterocycles. The lowest BCUT2D eigenvalue weighted by Crippen LogP contribution is -1.90. The molecule has 0 radical (unpaired) electrons. The number of nitrogen functional groups attached to an aromatic ring is 1. The predicted molar refractivity (Wildman–Crippen MR) is 91.9 cm³/mol. The predicted octanol–water partition coefficient (Wildman–Crippen LogP) is 5.07. The fraction of sp³-hybridized carbons (Fsp3) is 0.118. The molecule has 2 aromatic carbocycles. The topological polar surface area (TPSA) is 38.9 Å². The number of benzene rings is 2. The highest BCUT2D eigenvalue weighted by Gasteiger charge is 2.06. The van der Waals surface area contributed by atoms with Crippen molar-refractivity contribution in [2.75, 3.05) is 5.73 Å². The molecule has 1 aromatic heterocycles. The summed E-state index contributed by atoms with van der Waals surface area (Å²) >= 11 is 8.02. The summed E-state index contributed by atoms with van der Waals surface area (Å²) in [6, 6.07) is 16.2. The third-order valence-electron chi connectivity index (χ3n) is 3.39. The molecule has 2 N–H and O–H groups in total. The average Bonchev–Trinajstić information content (AvgIpc) is 2.48. The summed E-state index contributed by atoms with van der Waals surface area (Å²) in [6.07, 6.45) is 0. The Balaban J connectivity index is 1.84. The smallest absolute Gasteiger partial charge is 0.133 e. The molecule has 3 aromatic rings. The molecule has 0 amide bonds. The molecule has 21 heavy (non-hydrogen) atoms. The number of hydrogen-bond donors (Lipinski definition) is 1. The number of anilines is 1. The van der Waals surface area contributed by atoms with Crippen molar-refractivity contribution in [3.63, 3.8) is 0 Å². The normalized spacial score (nSPS) is 11.0. The highest BCUT2D eigenvalue weighted by Crippen LogP contribution is 2.29. The lowest BCUT2D eigenvalue weighted by Gasteiger charge is -2.07. The molecular formula is C17H15ClN2S. The fourth-order valence-electron chi connectivity index (χ4n) is 2.14. The molecule has 3 rings (SSSR count). The number of pyridine rings is 1. The Kier molecular flexibility index (Phi) is 4.04. The second-order valence-electron chi connectivity index (χ2n) is 4.94. The van der Waals surface area contributed by atoms with Crippen LogP contribution in [-0.2, 0) is 5.75 Å². The molecule has 0 aliphatic rings. The number of nitrogens with zero attached hydrogens (tertiary/aromatic N) is 1. The van der Waals surface area contributed by atoms with Gasteiger partial charge in [0.1, 0.15) is 5.15 Å². The summed E-state index contributed by atoms with van der Waals surface area (Å²) in [5, 5.41) is 1.69. The van der Waals surface area contributed by atoms with Gasteiger partial charge in [0.15, 0.2) is 0 Å². The number of thioether (sulfide) groups is 1. The van der Waals surface area contributed by atoms with E-state index in [1.165, 1.54) is 4.90 Å². The van der Waals surface area contributed by atoms with Crippen molar-refractivity contribution in [1.82, 2.24) is 4.98 Å². The molecule has 0 unspecified atom stereocenters. The molecule has 2 nitrogen and oxygen atoms in total. The molecule has 0 aliphatic carbocycles. The van der Waals surface area contributed by atoms with Crippen molar-refractivity contribution in [2.45, 2.75) is 17.6 Å². The van der Waals surface area contributed by atoms with Crippen LogP contribution in [0.15, 0.2) is 53.4 Å². The molecule has 0 spiro atoms. The number of aryl methyl sites for hydroxylation is 1. The van der Waals surface area contributed by atoms with Gasteiger partial charge in [-0.05, 0) is 42.8 Å². The van der Waals surface area contributed by atoms with Crippen molar-refractivity contribution >= 4 is 40.0 Å². The summed E-state index contributed by atoms with van der Waals surface area (Å²) in [5.74, 6) is 0.792. The largest absolute Gasteiger partial charge is 0.399 e. The minimum atomic E-state index is 0.577. The number of fused-ring (bicyclic) bond motifs is 1. The molecule has 4 heteroatoms. The number of nitrogens with two attached hydrogens (primary N) is 1. The third-order valence-corrected chi connectivity index (χ3v) is 4.76. The molecule has 0 saturated carbocycles. The van der Waals surface area contributed by atoms with Crippen LogP contribution < -0.4 is 5.73 Å². The van der Waals surface area contributed by atoms with Crippen LogP contribution in [-0.4, -0.2) is 4.98 Å². The summed E-state index contributed by atoms with van der Waals surface area (Å²) < 4.78 is 0. The number of para-hydroxylation sites is 1. The van der Waals surface area contributed by atoms with Gasteiger partial charge in [0.2, 0.25) is 0 Å². The van der Waals surface area contributed by atoms with Gasteiger partial charge in [-0.1, -0.05) is 29.8 Å². The summed E-state index contributed by atoms with van der Waals surface area (Å²) in [7, 11) is 0. The van der Waals surface area contributed by atoms with Gasteiger partial charge in [0.25, 0.3) is 0 Å². The summed E-state index contributed by atoms with van der Waals surface area (Å²) in [4.78, 5) is 5.64. The van der Waals surface area contributed by atoms with Gasteiger partial charge >= 0.3 is 0 Å². The van der Waals surface area contributed by atoms with E-state index in [-0.39, 0.29) is 0 Å². The van der Waals surface area contributed by atoms with E-state index in [0.29, 0.717) is 5.15 Å². The maximum absolute atomic E-state index is 6.28. The van der Waals surface area contributed by atoms with Gasteiger partial charge in [0.05, 0.1) is 5.52 Å². The van der Waals surface area contributed by atoms with Gasteiger partial charge in [-0.25, -0.2) is 4.98 Å². The van der Waals surface area contributed by atoms with E-state index in [4.69, 9.17) is 17.3 Å². The van der Waals surface area contributed by atoms with E-state index in [1.807, 2.05) is 37.3 Å². The lowest BCUT2D eigenvalue weighted by atomic mass is 10.2. The standard InChI is InChI=1S/C17H15ClN2S/c1-11-8-14(6-7-15(11)19)21-10-13-9-12-4-2-3-5-16(12)20-17(13)18/h2-9H,10,19H2,1H3. The molecule has 1 heterocycles. The van der Waals surface area contributed by atoms with E-state index < -0.39 is 0 Å². The Labute approximate surface area is 133 Å². The van der Waals surface area contributed by atoms with Gasteiger partial charge in [-0.15, -0.1) is 11.8 Å². The fourth-order valence-corrected chi connectivity index (χ4v) is 3.39. The first-order valence-corrected chi connectivity index (χ1v) is 8.03. The average molecular weight is 315 g/mol. The van der Waals surface area contributed by atoms with E-state index in [0.717, 1.165) is 33.5 Å². The molecule has 0 fully saturated rings. The Hall–Kier alpha value is -1.71. The van der Waals surface area contributed by atoms with Crippen molar-refractivity contribution < 1.29 is 0 Å². The van der Waals surface area contributed by atoms with Crippen LogP contribution in [0.5, 0.6) is 0 Å². The monoisotopic (exact) mass is 314 g/mol. The van der Waals surface area contributed by atoms with Crippen LogP contribution in [0.4, 0.5) is 5.69 Å². The second-order valence-corrected chi connectivity index (χ2v) is 6.34. The quantitative estimate of drug-likeness (QED) is 0.416. The first kappa shape index (κ1) is 14.2. The second kappa shape index (κ2) is 5.96. The zero-order valence-corrected chi connectivity index (χ0v) is 13.2. The Morgan fingerprint density at radius 3 is 2.76 bits per heavy atom. The Morgan fingerprint density at radius 2 is 1.95 bits per heavy atom. The van der Waals surface area contributed by atoms with Crippen LogP contribution in [0.2, 0.25) is 5.15 Å². The maximum Gasteiger partial charge on any atom is 0.133 e. The summed E-state index contributed by atoms with van der Waals surface area (Å²) in [5.41, 5.74) is 9.75. The van der Waals surface area contributed by atoms with Gasteiger partial charge in [0, 0.05) is 27.3 Å². The van der Waals surface area contributed by atoms with Crippen LogP contribution in [0.1, 0.15) is 11.1 Å². The van der Waals surface area contributed by atoms with Crippen LogP contribution in [0.3, 0.4) is 0 Å². The van der Waals surface area contributed by atoms with Crippen molar-refractivity contribution in [3.05, 3.63) is 64.8 Å². The molecule has 106 valence electrons. The van der Waals surface area contributed by atoms with Crippen molar-refractivity contribution in [1.29, 1.82) is 0 Å². The molecule has 0 bridgehead atoms. The Bertz CT molecular complexity index is 802. The first-order chi connectivity index (χ1) is 10.1. The van der Waals surface area contributed by atoms with Crippen molar-refractivity contribution in [2.24, 2.45) is 0 Å². The van der Waals surface area contributed by atoms with Crippen LogP contribution >= 0.6 is 23.4 Å². The lowest BCUT2D eigenvalue weighted by molar-refractivity contribution is 1.29. The van der Waals surface area contributed by atoms with E-state index in [1.54, 1.807) is 11.8 Å². The maximum atomic E-state index is 6.28. The number of aromatic nitrogens is 1. The minimum absolute atomic E-state index is 0.577. The van der Waals surface area contributed by atoms with Crippen LogP contribution in [0.25, 0.3) is 10.9 Å². The Morgan fingerprint density at radius 1 is 1.14 bits per heavy atom. The summed E-state index contributed by atoms with van der Waals surface area (Å²) in [6.45, 7) is 2.02. The SMILES string of the molecule is Cc1cc(SCc2cc3ccccc3nc2Cl)ccc1N. The van der Waals surface area contributed by atoms with E-state index >= 15 is 0 Å². The van der Waals surface area contributed by atoms with E-state index in [2.05, 4.69) is 23.2 Å². The molecular weight excluding hydrogens is 300 g/mol. The number of rotatable bonds is 3. The van der Waals surface area contributed by atoms with Gasteiger partial charge < -0.3 is 5.73 Å². The van der Waals surface area contributed by atoms with Crippen molar-refractivity contribution in [3.8, 4) is 0 Å². The van der Waals surface area contributed by atoms with Crippen LogP contribution in [0, 0.1) is 6.92 Å². The first-order valence-electron chi connectivity index (χ1n) is 6.66. The highest BCUT2D eigenvalue weighted by atomic mass is 35.5. The molecule has 0 aliphatic heterocycles. The van der Waals surface area contributed by atoms with Gasteiger partial charge in [-0.2, -0.15) is 0 Å². The zero-order chi connectivity index (χ0) is 14.8.